The molecule has 0 bridgehead atoms. The van der Waals surface area contributed by atoms with Crippen LogP contribution in [0, 0.1) is 0 Å². The molecule has 2 aliphatic heterocycles. The molecule has 1 unspecified atom stereocenters. The first-order valence-electron chi connectivity index (χ1n) is 10.7. The third kappa shape index (κ3) is 6.62. The van der Waals surface area contributed by atoms with Crippen molar-refractivity contribution in [2.75, 3.05) is 39.8 Å². The fourth-order valence-corrected chi connectivity index (χ4v) is 4.26. The zero-order valence-corrected chi connectivity index (χ0v) is 20.0. The minimum atomic E-state index is 0. The molecule has 7 heteroatoms. The smallest absolute Gasteiger partial charge is 0.191 e. The molecule has 3 rings (SSSR count). The number of halogens is 1. The highest BCUT2D eigenvalue weighted by atomic mass is 127. The lowest BCUT2D eigenvalue weighted by molar-refractivity contribution is 0.146. The van der Waals surface area contributed by atoms with E-state index < -0.39 is 0 Å². The zero-order chi connectivity index (χ0) is 19.1. The van der Waals surface area contributed by atoms with Gasteiger partial charge >= 0.3 is 0 Å². The summed E-state index contributed by atoms with van der Waals surface area (Å²) in [5, 5.41) is 7.19. The van der Waals surface area contributed by atoms with Crippen molar-refractivity contribution in [3.8, 4) is 0 Å². The molecule has 3 heterocycles. The SMILES string of the molecule is CN=C(NCC(c1ccco1)N1CCCCC1)NC1CCN(C(C)C)CC1.I. The predicted molar refractivity (Wildman–Crippen MR) is 127 cm³/mol. The lowest BCUT2D eigenvalue weighted by Gasteiger charge is -2.36. The van der Waals surface area contributed by atoms with Crippen molar-refractivity contribution >= 4 is 29.9 Å². The van der Waals surface area contributed by atoms with Gasteiger partial charge in [0.25, 0.3) is 0 Å². The van der Waals surface area contributed by atoms with Crippen LogP contribution in [0.1, 0.15) is 57.8 Å². The van der Waals surface area contributed by atoms with E-state index in [2.05, 4.69) is 45.3 Å². The molecule has 1 atom stereocenters. The predicted octanol–water partition coefficient (Wildman–Crippen LogP) is 3.46. The normalized spacial score (nSPS) is 21.4. The fourth-order valence-electron chi connectivity index (χ4n) is 4.26. The van der Waals surface area contributed by atoms with Crippen molar-refractivity contribution in [2.24, 2.45) is 4.99 Å². The van der Waals surface area contributed by atoms with Crippen LogP contribution in [0.5, 0.6) is 0 Å². The number of rotatable bonds is 6. The lowest BCUT2D eigenvalue weighted by atomic mass is 10.0. The highest BCUT2D eigenvalue weighted by Crippen LogP contribution is 2.24. The minimum absolute atomic E-state index is 0. The van der Waals surface area contributed by atoms with Crippen LogP contribution in [-0.4, -0.2) is 67.6 Å². The Labute approximate surface area is 187 Å². The Hall–Kier alpha value is -0.800. The molecule has 0 amide bonds. The average Bonchev–Trinajstić information content (AvgIpc) is 3.23. The fraction of sp³-hybridized carbons (Fsp3) is 0.762. The summed E-state index contributed by atoms with van der Waals surface area (Å²) in [6.07, 6.45) is 8.02. The molecule has 2 N–H and O–H groups in total. The Morgan fingerprint density at radius 1 is 1.14 bits per heavy atom. The van der Waals surface area contributed by atoms with Crippen LogP contribution in [0.3, 0.4) is 0 Å². The van der Waals surface area contributed by atoms with Gasteiger partial charge < -0.3 is 20.0 Å². The van der Waals surface area contributed by atoms with Gasteiger partial charge in [0.1, 0.15) is 5.76 Å². The second-order valence-electron chi connectivity index (χ2n) is 8.13. The lowest BCUT2D eigenvalue weighted by Crippen LogP contribution is -2.51. The van der Waals surface area contributed by atoms with Crippen molar-refractivity contribution in [1.29, 1.82) is 0 Å². The summed E-state index contributed by atoms with van der Waals surface area (Å²) in [5.74, 6) is 1.96. The van der Waals surface area contributed by atoms with Gasteiger partial charge in [0.05, 0.1) is 12.3 Å². The standard InChI is InChI=1S/C21H37N5O.HI/c1-17(2)25-13-9-18(10-14-25)24-21(22-3)23-16-19(20-8-7-15-27-20)26-11-5-4-6-12-26;/h7-8,15,17-19H,4-6,9-14,16H2,1-3H3,(H2,22,23,24);1H. The molecule has 0 spiro atoms. The van der Waals surface area contributed by atoms with E-state index in [0.29, 0.717) is 12.1 Å². The van der Waals surface area contributed by atoms with Crippen molar-refractivity contribution in [3.05, 3.63) is 24.2 Å². The maximum Gasteiger partial charge on any atom is 0.191 e. The number of piperidine rings is 2. The quantitative estimate of drug-likeness (QED) is 0.354. The van der Waals surface area contributed by atoms with Gasteiger partial charge in [0, 0.05) is 38.8 Å². The molecule has 0 radical (unpaired) electrons. The van der Waals surface area contributed by atoms with Crippen LogP contribution < -0.4 is 10.6 Å². The summed E-state index contributed by atoms with van der Waals surface area (Å²) in [6, 6.07) is 5.49. The molecule has 160 valence electrons. The Morgan fingerprint density at radius 2 is 1.86 bits per heavy atom. The molecule has 2 aliphatic rings. The van der Waals surface area contributed by atoms with E-state index in [9.17, 15) is 0 Å². The van der Waals surface area contributed by atoms with Gasteiger partial charge in [-0.3, -0.25) is 9.89 Å². The topological polar surface area (TPSA) is 56.0 Å². The van der Waals surface area contributed by atoms with Crippen LogP contribution in [0.15, 0.2) is 27.8 Å². The van der Waals surface area contributed by atoms with Crippen molar-refractivity contribution in [3.63, 3.8) is 0 Å². The van der Waals surface area contributed by atoms with E-state index in [-0.39, 0.29) is 30.0 Å². The number of nitrogens with one attached hydrogen (secondary N) is 2. The van der Waals surface area contributed by atoms with Gasteiger partial charge in [-0.1, -0.05) is 6.42 Å². The number of hydrogen-bond acceptors (Lipinski definition) is 4. The van der Waals surface area contributed by atoms with Gasteiger partial charge in [-0.15, -0.1) is 24.0 Å². The Balaban J connectivity index is 0.00000280. The molecule has 2 saturated heterocycles. The number of furan rings is 1. The molecule has 0 saturated carbocycles. The molecule has 6 nitrogen and oxygen atoms in total. The number of aliphatic imine (C=N–C) groups is 1. The van der Waals surface area contributed by atoms with Crippen LogP contribution in [0.2, 0.25) is 0 Å². The van der Waals surface area contributed by atoms with Crippen LogP contribution in [-0.2, 0) is 0 Å². The first-order valence-corrected chi connectivity index (χ1v) is 10.7. The van der Waals surface area contributed by atoms with Gasteiger partial charge in [0.2, 0.25) is 0 Å². The summed E-state index contributed by atoms with van der Waals surface area (Å²) >= 11 is 0. The van der Waals surface area contributed by atoms with E-state index in [1.54, 1.807) is 6.26 Å². The van der Waals surface area contributed by atoms with E-state index in [1.165, 1.54) is 32.1 Å². The first kappa shape index (κ1) is 23.5. The molecular formula is C21H38IN5O. The second-order valence-corrected chi connectivity index (χ2v) is 8.13. The Kier molecular flexibility index (Phi) is 10.1. The molecule has 0 aromatic carbocycles. The summed E-state index contributed by atoms with van der Waals surface area (Å²) < 4.78 is 5.75. The minimum Gasteiger partial charge on any atom is -0.468 e. The average molecular weight is 503 g/mol. The molecule has 1 aromatic heterocycles. The highest BCUT2D eigenvalue weighted by molar-refractivity contribution is 14.0. The maximum absolute atomic E-state index is 5.75. The van der Waals surface area contributed by atoms with E-state index in [0.717, 1.165) is 44.4 Å². The monoisotopic (exact) mass is 503 g/mol. The summed E-state index contributed by atoms with van der Waals surface area (Å²) in [5.41, 5.74) is 0. The summed E-state index contributed by atoms with van der Waals surface area (Å²) in [7, 11) is 1.86. The molecule has 28 heavy (non-hydrogen) atoms. The van der Waals surface area contributed by atoms with E-state index in [4.69, 9.17) is 4.42 Å². The number of guanidine groups is 1. The van der Waals surface area contributed by atoms with Crippen LogP contribution >= 0.6 is 24.0 Å². The number of hydrogen-bond donors (Lipinski definition) is 2. The third-order valence-corrected chi connectivity index (χ3v) is 5.99. The largest absolute Gasteiger partial charge is 0.468 e. The Bertz CT molecular complexity index is 563. The molecule has 0 aliphatic carbocycles. The highest BCUT2D eigenvalue weighted by Gasteiger charge is 2.25. The van der Waals surface area contributed by atoms with Crippen molar-refractivity contribution in [2.45, 2.75) is 64.1 Å². The first-order chi connectivity index (χ1) is 13.2. The number of nitrogens with zero attached hydrogens (tertiary/aromatic N) is 3. The van der Waals surface area contributed by atoms with Gasteiger partial charge in [0.15, 0.2) is 5.96 Å². The van der Waals surface area contributed by atoms with Crippen molar-refractivity contribution < 1.29 is 4.42 Å². The third-order valence-electron chi connectivity index (χ3n) is 5.99. The van der Waals surface area contributed by atoms with E-state index >= 15 is 0 Å². The van der Waals surface area contributed by atoms with E-state index in [1.807, 2.05) is 13.1 Å². The van der Waals surface area contributed by atoms with Crippen LogP contribution in [0.4, 0.5) is 0 Å². The maximum atomic E-state index is 5.75. The second kappa shape index (κ2) is 12.0. The zero-order valence-electron chi connectivity index (χ0n) is 17.7. The van der Waals surface area contributed by atoms with Gasteiger partial charge in [-0.05, 0) is 64.8 Å². The summed E-state index contributed by atoms with van der Waals surface area (Å²) in [6.45, 7) is 10.00. The molecule has 2 fully saturated rings. The van der Waals surface area contributed by atoms with Crippen LogP contribution in [0.25, 0.3) is 0 Å². The molecule has 1 aromatic rings. The van der Waals surface area contributed by atoms with Crippen molar-refractivity contribution in [1.82, 2.24) is 20.4 Å². The summed E-state index contributed by atoms with van der Waals surface area (Å²) in [4.78, 5) is 9.57. The Morgan fingerprint density at radius 3 is 2.43 bits per heavy atom. The molecular weight excluding hydrogens is 465 g/mol. The van der Waals surface area contributed by atoms with Gasteiger partial charge in [-0.2, -0.15) is 0 Å². The number of likely N-dealkylation sites (tertiary alicyclic amines) is 2. The van der Waals surface area contributed by atoms with Gasteiger partial charge in [-0.25, -0.2) is 0 Å².